The second-order valence-electron chi connectivity index (χ2n) is 5.62. The number of fused-ring (bicyclic) bond motifs is 1. The van der Waals surface area contributed by atoms with E-state index in [1.165, 1.54) is 11.1 Å². The second kappa shape index (κ2) is 5.53. The quantitative estimate of drug-likeness (QED) is 0.622. The van der Waals surface area contributed by atoms with Crippen LogP contribution in [0.15, 0.2) is 60.7 Å². The van der Waals surface area contributed by atoms with Gasteiger partial charge >= 0.3 is 0 Å². The molecule has 0 N–H and O–H groups in total. The van der Waals surface area contributed by atoms with Gasteiger partial charge in [-0.3, -0.25) is 4.79 Å². The van der Waals surface area contributed by atoms with Crippen LogP contribution in [0.2, 0.25) is 0 Å². The van der Waals surface area contributed by atoms with E-state index in [-0.39, 0.29) is 5.78 Å². The Morgan fingerprint density at radius 3 is 2.29 bits per heavy atom. The van der Waals surface area contributed by atoms with Gasteiger partial charge in [-0.05, 0) is 30.2 Å². The van der Waals surface area contributed by atoms with Crippen LogP contribution in [0.4, 0.5) is 0 Å². The van der Waals surface area contributed by atoms with Gasteiger partial charge in [0.1, 0.15) is 0 Å². The number of aryl methyl sites for hydroxylation is 2. The third kappa shape index (κ3) is 2.87. The summed E-state index contributed by atoms with van der Waals surface area (Å²) in [6, 6.07) is 20.3. The normalized spacial score (nSPS) is 10.8. The van der Waals surface area contributed by atoms with Crippen LogP contribution in [-0.2, 0) is 6.42 Å². The highest BCUT2D eigenvalue weighted by atomic mass is 16.1. The van der Waals surface area contributed by atoms with Gasteiger partial charge in [0.2, 0.25) is 0 Å². The second-order valence-corrected chi connectivity index (χ2v) is 5.62. The maximum atomic E-state index is 12.7. The van der Waals surface area contributed by atoms with Crippen molar-refractivity contribution in [2.45, 2.75) is 20.3 Å². The number of ketones is 1. The minimum Gasteiger partial charge on any atom is -0.294 e. The fraction of sp³-hybridized carbons (Fsp3) is 0.150. The number of hydrogen-bond acceptors (Lipinski definition) is 1. The number of hydrogen-bond donors (Lipinski definition) is 0. The lowest BCUT2D eigenvalue weighted by molar-refractivity contribution is 0.0994. The Balaban J connectivity index is 1.97. The molecule has 1 nitrogen and oxygen atoms in total. The molecule has 0 spiro atoms. The molecule has 0 fully saturated rings. The molecule has 0 heterocycles. The molecule has 0 bridgehead atoms. The first kappa shape index (κ1) is 13.6. The maximum absolute atomic E-state index is 12.7. The van der Waals surface area contributed by atoms with Gasteiger partial charge in [0.05, 0.1) is 0 Å². The maximum Gasteiger partial charge on any atom is 0.167 e. The molecule has 3 aromatic rings. The summed E-state index contributed by atoms with van der Waals surface area (Å²) in [6.45, 7) is 4.14. The smallest absolute Gasteiger partial charge is 0.167 e. The van der Waals surface area contributed by atoms with Crippen molar-refractivity contribution >= 4 is 16.6 Å². The summed E-state index contributed by atoms with van der Waals surface area (Å²) in [6.07, 6.45) is 0.455. The first-order valence-electron chi connectivity index (χ1n) is 7.21. The molecule has 0 aromatic heterocycles. The van der Waals surface area contributed by atoms with Crippen molar-refractivity contribution < 1.29 is 4.79 Å². The fourth-order valence-corrected chi connectivity index (χ4v) is 2.92. The molecule has 3 rings (SSSR count). The number of rotatable bonds is 3. The van der Waals surface area contributed by atoms with Crippen LogP contribution in [0, 0.1) is 13.8 Å². The molecule has 0 unspecified atom stereocenters. The zero-order valence-corrected chi connectivity index (χ0v) is 12.4. The standard InChI is InChI=1S/C20H18O/c1-14-10-15(2)12-16(11-14)13-20(21)19-9-5-7-17-6-3-4-8-18(17)19/h3-12H,13H2,1-2H3. The van der Waals surface area contributed by atoms with Crippen LogP contribution >= 0.6 is 0 Å². The van der Waals surface area contributed by atoms with E-state index in [1.807, 2.05) is 42.5 Å². The van der Waals surface area contributed by atoms with E-state index in [1.54, 1.807) is 0 Å². The van der Waals surface area contributed by atoms with Crippen LogP contribution < -0.4 is 0 Å². The summed E-state index contributed by atoms with van der Waals surface area (Å²) in [4.78, 5) is 12.7. The SMILES string of the molecule is Cc1cc(C)cc(CC(=O)c2cccc3ccccc23)c1. The third-order valence-electron chi connectivity index (χ3n) is 3.74. The molecule has 0 aliphatic heterocycles. The average Bonchev–Trinajstić information content (AvgIpc) is 2.45. The lowest BCUT2D eigenvalue weighted by Crippen LogP contribution is -2.04. The van der Waals surface area contributed by atoms with E-state index in [4.69, 9.17) is 0 Å². The van der Waals surface area contributed by atoms with Gasteiger partial charge in [-0.2, -0.15) is 0 Å². The predicted octanol–water partition coefficient (Wildman–Crippen LogP) is 4.88. The van der Waals surface area contributed by atoms with E-state index in [0.717, 1.165) is 21.9 Å². The van der Waals surface area contributed by atoms with Crippen LogP contribution in [-0.4, -0.2) is 5.78 Å². The number of carbonyl (C=O) groups excluding carboxylic acids is 1. The summed E-state index contributed by atoms with van der Waals surface area (Å²) in [5.74, 6) is 0.178. The highest BCUT2D eigenvalue weighted by Gasteiger charge is 2.11. The highest BCUT2D eigenvalue weighted by Crippen LogP contribution is 2.20. The fourth-order valence-electron chi connectivity index (χ4n) is 2.92. The zero-order valence-electron chi connectivity index (χ0n) is 12.4. The Labute approximate surface area is 125 Å². The third-order valence-corrected chi connectivity index (χ3v) is 3.74. The largest absolute Gasteiger partial charge is 0.294 e. The molecule has 0 saturated heterocycles. The Morgan fingerprint density at radius 2 is 1.52 bits per heavy atom. The summed E-state index contributed by atoms with van der Waals surface area (Å²) in [7, 11) is 0. The topological polar surface area (TPSA) is 17.1 Å². The molecule has 3 aromatic carbocycles. The van der Waals surface area contributed by atoms with Crippen LogP contribution in [0.5, 0.6) is 0 Å². The molecule has 21 heavy (non-hydrogen) atoms. The molecule has 0 radical (unpaired) electrons. The lowest BCUT2D eigenvalue weighted by atomic mass is 9.96. The number of Topliss-reactive ketones (excluding diaryl/α,β-unsaturated/α-hetero) is 1. The number of carbonyl (C=O) groups is 1. The van der Waals surface area contributed by atoms with E-state index in [9.17, 15) is 4.79 Å². The van der Waals surface area contributed by atoms with Crippen molar-refractivity contribution in [1.29, 1.82) is 0 Å². The van der Waals surface area contributed by atoms with Crippen molar-refractivity contribution in [1.82, 2.24) is 0 Å². The zero-order chi connectivity index (χ0) is 14.8. The molecule has 104 valence electrons. The summed E-state index contributed by atoms with van der Waals surface area (Å²) in [5, 5.41) is 2.15. The van der Waals surface area contributed by atoms with Crippen LogP contribution in [0.25, 0.3) is 10.8 Å². The van der Waals surface area contributed by atoms with Gasteiger partial charge in [-0.15, -0.1) is 0 Å². The van der Waals surface area contributed by atoms with Crippen molar-refractivity contribution in [3.63, 3.8) is 0 Å². The molecule has 0 atom stereocenters. The summed E-state index contributed by atoms with van der Waals surface area (Å²) >= 11 is 0. The van der Waals surface area contributed by atoms with E-state index < -0.39 is 0 Å². The Bertz CT molecular complexity index is 789. The van der Waals surface area contributed by atoms with E-state index in [0.29, 0.717) is 6.42 Å². The van der Waals surface area contributed by atoms with Crippen molar-refractivity contribution in [3.05, 3.63) is 82.9 Å². The van der Waals surface area contributed by atoms with Crippen molar-refractivity contribution in [2.75, 3.05) is 0 Å². The van der Waals surface area contributed by atoms with Crippen molar-refractivity contribution in [2.24, 2.45) is 0 Å². The van der Waals surface area contributed by atoms with Gasteiger partial charge < -0.3 is 0 Å². The Morgan fingerprint density at radius 1 is 0.857 bits per heavy atom. The molecule has 0 amide bonds. The minimum absolute atomic E-state index is 0.178. The average molecular weight is 274 g/mol. The van der Waals surface area contributed by atoms with Gasteiger partial charge in [0.15, 0.2) is 5.78 Å². The molecule has 0 aliphatic carbocycles. The monoisotopic (exact) mass is 274 g/mol. The molecule has 0 aliphatic rings. The Kier molecular flexibility index (Phi) is 3.57. The first-order valence-corrected chi connectivity index (χ1v) is 7.21. The number of benzene rings is 3. The Hall–Kier alpha value is -2.41. The van der Waals surface area contributed by atoms with Crippen molar-refractivity contribution in [3.8, 4) is 0 Å². The first-order chi connectivity index (χ1) is 10.1. The highest BCUT2D eigenvalue weighted by molar-refractivity contribution is 6.08. The molecule has 1 heteroatoms. The van der Waals surface area contributed by atoms with Crippen LogP contribution in [0.3, 0.4) is 0 Å². The van der Waals surface area contributed by atoms with E-state index in [2.05, 4.69) is 32.0 Å². The summed E-state index contributed by atoms with van der Waals surface area (Å²) in [5.41, 5.74) is 4.31. The minimum atomic E-state index is 0.178. The van der Waals surface area contributed by atoms with Gasteiger partial charge in [0.25, 0.3) is 0 Å². The summed E-state index contributed by atoms with van der Waals surface area (Å²) < 4.78 is 0. The van der Waals surface area contributed by atoms with Gasteiger partial charge in [-0.1, -0.05) is 71.8 Å². The van der Waals surface area contributed by atoms with Gasteiger partial charge in [0, 0.05) is 12.0 Å². The van der Waals surface area contributed by atoms with E-state index >= 15 is 0 Å². The molecule has 0 saturated carbocycles. The van der Waals surface area contributed by atoms with Gasteiger partial charge in [-0.25, -0.2) is 0 Å². The predicted molar refractivity (Wildman–Crippen MR) is 87.9 cm³/mol. The molecular weight excluding hydrogens is 256 g/mol. The molecular formula is C20H18O. The van der Waals surface area contributed by atoms with Crippen LogP contribution in [0.1, 0.15) is 27.0 Å². The lowest BCUT2D eigenvalue weighted by Gasteiger charge is -2.07.